The molecule has 0 aliphatic heterocycles. The Kier molecular flexibility index (Phi) is 3.94. The third-order valence-corrected chi connectivity index (χ3v) is 7.66. The number of imidazole rings is 2. The van der Waals surface area contributed by atoms with E-state index in [0.29, 0.717) is 77.3 Å². The standard InChI is InChI=1S/C28H14Cl2N4O3/c1-2-37-22-11-19-21(10-17(22)30)34-26(32-19)14-5-4-13-23-15(6-7-16(24(14)23)28(34)36)27(35)33-20-8-3-12(29)9-18(20)31-25(13)33/h3-11H,2H2,1H3. The molecule has 0 aliphatic rings. The number of ether oxygens (including phenoxy) is 1. The molecule has 37 heavy (non-hydrogen) atoms. The topological polar surface area (TPSA) is 78.0 Å². The van der Waals surface area contributed by atoms with E-state index in [9.17, 15) is 9.59 Å². The molecular weight excluding hydrogens is 511 g/mol. The van der Waals surface area contributed by atoms with Crippen molar-refractivity contribution in [2.24, 2.45) is 0 Å². The Hall–Kier alpha value is -4.20. The van der Waals surface area contributed by atoms with Crippen LogP contribution in [0.4, 0.5) is 0 Å². The summed E-state index contributed by atoms with van der Waals surface area (Å²) in [6.07, 6.45) is 0. The zero-order valence-corrected chi connectivity index (χ0v) is 20.7. The molecule has 8 rings (SSSR count). The van der Waals surface area contributed by atoms with Gasteiger partial charge in [-0.2, -0.15) is 0 Å². The van der Waals surface area contributed by atoms with E-state index in [1.807, 2.05) is 19.1 Å². The fourth-order valence-corrected chi connectivity index (χ4v) is 6.02. The minimum Gasteiger partial charge on any atom is -0.492 e. The lowest BCUT2D eigenvalue weighted by atomic mass is 9.96. The van der Waals surface area contributed by atoms with Gasteiger partial charge in [0.1, 0.15) is 17.0 Å². The first-order chi connectivity index (χ1) is 18.0. The molecule has 0 unspecified atom stereocenters. The van der Waals surface area contributed by atoms with Crippen LogP contribution in [0.15, 0.2) is 64.2 Å². The average molecular weight is 525 g/mol. The van der Waals surface area contributed by atoms with Gasteiger partial charge in [-0.05, 0) is 55.5 Å². The summed E-state index contributed by atoms with van der Waals surface area (Å²) in [4.78, 5) is 37.2. The normalized spacial score (nSPS) is 12.5. The van der Waals surface area contributed by atoms with Crippen LogP contribution in [0, 0.1) is 0 Å². The van der Waals surface area contributed by atoms with Crippen molar-refractivity contribution in [3.05, 3.63) is 85.4 Å². The van der Waals surface area contributed by atoms with Crippen LogP contribution in [0.1, 0.15) is 6.92 Å². The molecular formula is C28H14Cl2N4O3. The molecule has 9 heteroatoms. The third-order valence-electron chi connectivity index (χ3n) is 7.13. The monoisotopic (exact) mass is 524 g/mol. The number of nitrogens with zero attached hydrogens (tertiary/aromatic N) is 4. The highest BCUT2D eigenvalue weighted by Gasteiger charge is 2.23. The highest BCUT2D eigenvalue weighted by molar-refractivity contribution is 6.33. The number of halogens is 2. The van der Waals surface area contributed by atoms with Gasteiger partial charge in [0.2, 0.25) is 0 Å². The fraction of sp³-hybridized carbons (Fsp3) is 0.0714. The molecule has 7 nitrogen and oxygen atoms in total. The van der Waals surface area contributed by atoms with Crippen LogP contribution in [0.2, 0.25) is 10.0 Å². The van der Waals surface area contributed by atoms with E-state index in [2.05, 4.69) is 0 Å². The summed E-state index contributed by atoms with van der Waals surface area (Å²) in [5, 5.41) is 4.90. The van der Waals surface area contributed by atoms with Crippen LogP contribution in [-0.4, -0.2) is 25.4 Å². The van der Waals surface area contributed by atoms with E-state index in [-0.39, 0.29) is 11.1 Å². The van der Waals surface area contributed by atoms with Crippen molar-refractivity contribution < 1.29 is 4.74 Å². The molecule has 0 atom stereocenters. The number of aromatic nitrogens is 4. The second kappa shape index (κ2) is 6.97. The van der Waals surface area contributed by atoms with Gasteiger partial charge in [-0.1, -0.05) is 23.2 Å². The van der Waals surface area contributed by atoms with Crippen molar-refractivity contribution in [3.8, 4) is 5.75 Å². The largest absolute Gasteiger partial charge is 0.492 e. The molecule has 0 saturated heterocycles. The quantitative estimate of drug-likeness (QED) is 0.257. The van der Waals surface area contributed by atoms with Gasteiger partial charge >= 0.3 is 0 Å². The molecule has 0 saturated carbocycles. The van der Waals surface area contributed by atoms with Gasteiger partial charge < -0.3 is 4.74 Å². The second-order valence-electron chi connectivity index (χ2n) is 9.06. The highest BCUT2D eigenvalue weighted by atomic mass is 35.5. The van der Waals surface area contributed by atoms with Gasteiger partial charge in [-0.15, -0.1) is 0 Å². The summed E-state index contributed by atoms with van der Waals surface area (Å²) in [6, 6.07) is 16.1. The maximum Gasteiger partial charge on any atom is 0.264 e. The molecule has 0 radical (unpaired) electrons. The van der Waals surface area contributed by atoms with Crippen LogP contribution >= 0.6 is 23.2 Å². The summed E-state index contributed by atoms with van der Waals surface area (Å²) < 4.78 is 8.83. The van der Waals surface area contributed by atoms with Crippen LogP contribution in [0.3, 0.4) is 0 Å². The minimum atomic E-state index is -0.229. The number of hydrogen-bond acceptors (Lipinski definition) is 5. The Morgan fingerprint density at radius 2 is 1.30 bits per heavy atom. The van der Waals surface area contributed by atoms with Crippen molar-refractivity contribution in [3.63, 3.8) is 0 Å². The Bertz CT molecular complexity index is 2390. The Labute approximate surface area is 216 Å². The Balaban J connectivity index is 1.61. The molecule has 0 spiro atoms. The second-order valence-corrected chi connectivity index (χ2v) is 9.90. The lowest BCUT2D eigenvalue weighted by molar-refractivity contribution is 0.341. The first-order valence-corrected chi connectivity index (χ1v) is 12.4. The fourth-order valence-electron chi connectivity index (χ4n) is 5.64. The van der Waals surface area contributed by atoms with Crippen LogP contribution in [-0.2, 0) is 0 Å². The third kappa shape index (κ3) is 2.52. The van der Waals surface area contributed by atoms with Gasteiger partial charge in [0.05, 0.1) is 33.7 Å². The van der Waals surface area contributed by atoms with Crippen LogP contribution < -0.4 is 15.9 Å². The van der Waals surface area contributed by atoms with Crippen LogP contribution in [0.25, 0.3) is 65.7 Å². The van der Waals surface area contributed by atoms with Crippen molar-refractivity contribution in [2.45, 2.75) is 6.92 Å². The van der Waals surface area contributed by atoms with Crippen molar-refractivity contribution in [1.29, 1.82) is 0 Å². The van der Waals surface area contributed by atoms with Gasteiger partial charge in [-0.25, -0.2) is 9.97 Å². The smallest absolute Gasteiger partial charge is 0.264 e. The zero-order chi connectivity index (χ0) is 25.2. The summed E-state index contributed by atoms with van der Waals surface area (Å²) in [5.74, 6) is 0.513. The molecule has 0 bridgehead atoms. The summed E-state index contributed by atoms with van der Waals surface area (Å²) in [5.41, 5.74) is 3.11. The van der Waals surface area contributed by atoms with Crippen molar-refractivity contribution in [2.75, 3.05) is 6.61 Å². The van der Waals surface area contributed by atoms with Gasteiger partial charge in [0.15, 0.2) is 0 Å². The maximum absolute atomic E-state index is 13.9. The number of pyridine rings is 2. The zero-order valence-electron chi connectivity index (χ0n) is 19.2. The van der Waals surface area contributed by atoms with Crippen molar-refractivity contribution in [1.82, 2.24) is 18.8 Å². The number of rotatable bonds is 2. The molecule has 4 heterocycles. The van der Waals surface area contributed by atoms with Gasteiger partial charge in [-0.3, -0.25) is 18.4 Å². The molecule has 178 valence electrons. The predicted molar refractivity (Wildman–Crippen MR) is 148 cm³/mol. The summed E-state index contributed by atoms with van der Waals surface area (Å²) >= 11 is 12.6. The first kappa shape index (κ1) is 20.9. The summed E-state index contributed by atoms with van der Waals surface area (Å²) in [7, 11) is 0. The number of hydrogen-bond donors (Lipinski definition) is 0. The SMILES string of the molecule is CCOc1cc2nc3c4ccc5c6c(ccc(c(=O)n3c2cc1Cl)c46)c(=O)n1c2ccc(Cl)cc2nc51. The van der Waals surface area contributed by atoms with E-state index >= 15 is 0 Å². The molecule has 4 aromatic heterocycles. The maximum atomic E-state index is 13.9. The molecule has 0 aliphatic carbocycles. The van der Waals surface area contributed by atoms with Crippen molar-refractivity contribution >= 4 is 88.9 Å². The Morgan fingerprint density at radius 1 is 0.730 bits per heavy atom. The highest BCUT2D eigenvalue weighted by Crippen LogP contribution is 2.38. The van der Waals surface area contributed by atoms with E-state index in [1.54, 1.807) is 51.3 Å². The van der Waals surface area contributed by atoms with E-state index < -0.39 is 0 Å². The van der Waals surface area contributed by atoms with Gasteiger partial charge in [0.25, 0.3) is 11.1 Å². The van der Waals surface area contributed by atoms with E-state index in [4.69, 9.17) is 37.9 Å². The van der Waals surface area contributed by atoms with E-state index in [1.165, 1.54) is 0 Å². The Morgan fingerprint density at radius 3 is 1.92 bits per heavy atom. The molecule has 0 N–H and O–H groups in total. The minimum absolute atomic E-state index is 0.198. The number of fused-ring (bicyclic) bond motifs is 8. The lowest BCUT2D eigenvalue weighted by Gasteiger charge is -2.12. The predicted octanol–water partition coefficient (Wildman–Crippen LogP) is 6.05. The molecule has 8 aromatic rings. The van der Waals surface area contributed by atoms with Crippen LogP contribution in [0.5, 0.6) is 5.75 Å². The first-order valence-electron chi connectivity index (χ1n) is 11.7. The molecule has 4 aromatic carbocycles. The average Bonchev–Trinajstić information content (AvgIpc) is 3.45. The lowest BCUT2D eigenvalue weighted by Crippen LogP contribution is -2.16. The summed E-state index contributed by atoms with van der Waals surface area (Å²) in [6.45, 7) is 2.34. The van der Waals surface area contributed by atoms with E-state index in [0.717, 1.165) is 10.8 Å². The molecule has 0 fully saturated rings. The van der Waals surface area contributed by atoms with Gasteiger partial charge in [0, 0.05) is 43.4 Å². The number of benzene rings is 4. The molecule has 0 amide bonds.